The van der Waals surface area contributed by atoms with E-state index in [1.807, 2.05) is 25.1 Å². The Morgan fingerprint density at radius 2 is 2.21 bits per heavy atom. The zero-order valence-corrected chi connectivity index (χ0v) is 8.58. The van der Waals surface area contributed by atoms with Crippen LogP contribution < -0.4 is 5.32 Å². The van der Waals surface area contributed by atoms with Crippen LogP contribution >= 0.6 is 0 Å². The molecule has 1 aromatic rings. The van der Waals surface area contributed by atoms with E-state index in [0.717, 1.165) is 24.1 Å². The summed E-state index contributed by atoms with van der Waals surface area (Å²) in [6.07, 6.45) is 4.12. The van der Waals surface area contributed by atoms with Crippen molar-refractivity contribution in [2.24, 2.45) is 0 Å². The molecule has 2 heteroatoms. The maximum Gasteiger partial charge on any atom is 0.142 e. The minimum atomic E-state index is 0.789. The van der Waals surface area contributed by atoms with Crippen LogP contribution in [0.5, 0.6) is 0 Å². The Morgan fingerprint density at radius 1 is 1.43 bits per heavy atom. The first kappa shape index (κ1) is 10.5. The fraction of sp³-hybridized carbons (Fsp3) is 0.250. The van der Waals surface area contributed by atoms with Crippen LogP contribution in [0.2, 0.25) is 0 Å². The monoisotopic (exact) mass is 189 g/mol. The molecule has 1 aromatic carbocycles. The van der Waals surface area contributed by atoms with Crippen LogP contribution in [0.25, 0.3) is 6.08 Å². The number of benzene rings is 1. The molecule has 0 unspecified atom stereocenters. The van der Waals surface area contributed by atoms with Gasteiger partial charge in [0.2, 0.25) is 0 Å². The lowest BCUT2D eigenvalue weighted by molar-refractivity contribution is -0.104. The van der Waals surface area contributed by atoms with E-state index in [1.165, 1.54) is 11.6 Å². The van der Waals surface area contributed by atoms with E-state index in [1.54, 1.807) is 0 Å². The molecule has 0 saturated carbocycles. The number of hydrogen-bond donors (Lipinski definition) is 1. The number of nitrogens with one attached hydrogen (secondary N) is 1. The highest BCUT2D eigenvalue weighted by molar-refractivity contribution is 5.75. The number of allylic oxidation sites excluding steroid dienone is 1. The zero-order chi connectivity index (χ0) is 10.4. The molecule has 0 aliphatic rings. The molecule has 0 heterocycles. The molecule has 0 spiro atoms. The van der Waals surface area contributed by atoms with Gasteiger partial charge < -0.3 is 5.32 Å². The topological polar surface area (TPSA) is 29.1 Å². The molecule has 2 nitrogen and oxygen atoms in total. The van der Waals surface area contributed by atoms with Crippen molar-refractivity contribution in [2.45, 2.75) is 13.8 Å². The molecule has 1 rings (SSSR count). The van der Waals surface area contributed by atoms with Gasteiger partial charge in [0.15, 0.2) is 0 Å². The Kier molecular flexibility index (Phi) is 3.92. The average Bonchev–Trinajstić information content (AvgIpc) is 2.17. The van der Waals surface area contributed by atoms with E-state index >= 15 is 0 Å². The lowest BCUT2D eigenvalue weighted by Crippen LogP contribution is -1.96. The molecule has 0 saturated heterocycles. The van der Waals surface area contributed by atoms with Crippen molar-refractivity contribution in [3.8, 4) is 0 Å². The molecule has 0 aliphatic carbocycles. The molecule has 74 valence electrons. The molecule has 0 amide bonds. The maximum absolute atomic E-state index is 10.2. The molecule has 0 aliphatic heterocycles. The highest BCUT2D eigenvalue weighted by Crippen LogP contribution is 2.15. The fourth-order valence-corrected chi connectivity index (χ4v) is 1.32. The van der Waals surface area contributed by atoms with Crippen molar-refractivity contribution in [3.05, 3.63) is 35.4 Å². The quantitative estimate of drug-likeness (QED) is 0.582. The van der Waals surface area contributed by atoms with Gasteiger partial charge in [0, 0.05) is 12.2 Å². The smallest absolute Gasteiger partial charge is 0.142 e. The first-order valence-corrected chi connectivity index (χ1v) is 4.74. The Morgan fingerprint density at radius 3 is 2.79 bits per heavy atom. The Bertz CT molecular complexity index is 342. The predicted octanol–water partition coefficient (Wildman–Crippen LogP) is 2.64. The van der Waals surface area contributed by atoms with E-state index in [2.05, 4.69) is 18.3 Å². The van der Waals surface area contributed by atoms with Crippen molar-refractivity contribution in [1.29, 1.82) is 0 Å². The summed E-state index contributed by atoms with van der Waals surface area (Å²) in [6.45, 7) is 5.02. The van der Waals surface area contributed by atoms with Gasteiger partial charge >= 0.3 is 0 Å². The largest absolute Gasteiger partial charge is 0.385 e. The predicted molar refractivity (Wildman–Crippen MR) is 60.4 cm³/mol. The highest BCUT2D eigenvalue weighted by atomic mass is 16.1. The number of rotatable bonds is 4. The summed E-state index contributed by atoms with van der Waals surface area (Å²) in [5.41, 5.74) is 3.37. The van der Waals surface area contributed by atoms with Gasteiger partial charge in [0.1, 0.15) is 6.29 Å². The van der Waals surface area contributed by atoms with Crippen LogP contribution in [0.15, 0.2) is 24.3 Å². The first-order valence-electron chi connectivity index (χ1n) is 4.74. The normalized spacial score (nSPS) is 10.4. The van der Waals surface area contributed by atoms with Gasteiger partial charge in [0.25, 0.3) is 0 Å². The SMILES string of the molecule is CCNc1ccc(C=CC=O)c(C)c1. The maximum atomic E-state index is 10.2. The van der Waals surface area contributed by atoms with Crippen LogP contribution in [0.3, 0.4) is 0 Å². The second kappa shape index (κ2) is 5.22. The van der Waals surface area contributed by atoms with Gasteiger partial charge in [-0.25, -0.2) is 0 Å². The molecule has 1 N–H and O–H groups in total. The summed E-state index contributed by atoms with van der Waals surface area (Å²) in [4.78, 5) is 10.2. The lowest BCUT2D eigenvalue weighted by atomic mass is 10.1. The molecule has 0 aromatic heterocycles. The second-order valence-corrected chi connectivity index (χ2v) is 3.10. The van der Waals surface area contributed by atoms with Gasteiger partial charge in [-0.1, -0.05) is 12.1 Å². The minimum absolute atomic E-state index is 0.789. The fourth-order valence-electron chi connectivity index (χ4n) is 1.32. The van der Waals surface area contributed by atoms with Crippen molar-refractivity contribution < 1.29 is 4.79 Å². The zero-order valence-electron chi connectivity index (χ0n) is 8.58. The van der Waals surface area contributed by atoms with E-state index < -0.39 is 0 Å². The van der Waals surface area contributed by atoms with Gasteiger partial charge in [-0.05, 0) is 43.2 Å². The summed E-state index contributed by atoms with van der Waals surface area (Å²) < 4.78 is 0. The van der Waals surface area contributed by atoms with Crippen LogP contribution in [0.1, 0.15) is 18.1 Å². The Hall–Kier alpha value is -1.57. The van der Waals surface area contributed by atoms with E-state index in [4.69, 9.17) is 0 Å². The first-order chi connectivity index (χ1) is 6.77. The number of carbonyl (C=O) groups excluding carboxylic acids is 1. The third-order valence-electron chi connectivity index (χ3n) is 2.01. The lowest BCUT2D eigenvalue weighted by Gasteiger charge is -2.06. The summed E-state index contributed by atoms with van der Waals surface area (Å²) in [6, 6.07) is 6.10. The number of hydrogen-bond acceptors (Lipinski definition) is 2. The average molecular weight is 189 g/mol. The standard InChI is InChI=1S/C12H15NO/c1-3-13-12-7-6-11(5-4-8-14)10(2)9-12/h4-9,13H,3H2,1-2H3. The van der Waals surface area contributed by atoms with Crippen LogP contribution in [-0.4, -0.2) is 12.8 Å². The third-order valence-corrected chi connectivity index (χ3v) is 2.01. The summed E-state index contributed by atoms with van der Waals surface area (Å²) in [5.74, 6) is 0. The molecule has 0 bridgehead atoms. The Labute approximate surface area is 84.6 Å². The number of aryl methyl sites for hydroxylation is 1. The molecular formula is C12H15NO. The number of carbonyl (C=O) groups is 1. The van der Waals surface area contributed by atoms with Crippen molar-refractivity contribution >= 4 is 18.0 Å². The number of anilines is 1. The van der Waals surface area contributed by atoms with Crippen LogP contribution in [0.4, 0.5) is 5.69 Å². The van der Waals surface area contributed by atoms with Crippen molar-refractivity contribution in [1.82, 2.24) is 0 Å². The van der Waals surface area contributed by atoms with Gasteiger partial charge in [0.05, 0.1) is 0 Å². The van der Waals surface area contributed by atoms with Crippen molar-refractivity contribution in [3.63, 3.8) is 0 Å². The Balaban J connectivity index is 2.89. The summed E-state index contributed by atoms with van der Waals surface area (Å²) in [5, 5.41) is 3.24. The summed E-state index contributed by atoms with van der Waals surface area (Å²) in [7, 11) is 0. The van der Waals surface area contributed by atoms with E-state index in [9.17, 15) is 4.79 Å². The van der Waals surface area contributed by atoms with Crippen LogP contribution in [0, 0.1) is 6.92 Å². The second-order valence-electron chi connectivity index (χ2n) is 3.10. The van der Waals surface area contributed by atoms with Crippen molar-refractivity contribution in [2.75, 3.05) is 11.9 Å². The van der Waals surface area contributed by atoms with Gasteiger partial charge in [-0.2, -0.15) is 0 Å². The van der Waals surface area contributed by atoms with Gasteiger partial charge in [-0.15, -0.1) is 0 Å². The molecule has 0 radical (unpaired) electrons. The number of aldehydes is 1. The summed E-state index contributed by atoms with van der Waals surface area (Å²) >= 11 is 0. The molecule has 14 heavy (non-hydrogen) atoms. The highest BCUT2D eigenvalue weighted by Gasteiger charge is 1.95. The molecule has 0 atom stereocenters. The molecule has 0 fully saturated rings. The minimum Gasteiger partial charge on any atom is -0.385 e. The molecular weight excluding hydrogens is 174 g/mol. The third kappa shape index (κ3) is 2.73. The van der Waals surface area contributed by atoms with E-state index in [-0.39, 0.29) is 0 Å². The van der Waals surface area contributed by atoms with E-state index in [0.29, 0.717) is 0 Å². The van der Waals surface area contributed by atoms with Crippen LogP contribution in [-0.2, 0) is 4.79 Å². The van der Waals surface area contributed by atoms with Gasteiger partial charge in [-0.3, -0.25) is 4.79 Å².